The van der Waals surface area contributed by atoms with Gasteiger partial charge in [0.2, 0.25) is 0 Å². The van der Waals surface area contributed by atoms with Gasteiger partial charge in [-0.15, -0.1) is 11.3 Å². The van der Waals surface area contributed by atoms with E-state index in [9.17, 15) is 4.79 Å². The van der Waals surface area contributed by atoms with Crippen LogP contribution in [-0.2, 0) is 0 Å². The molecule has 1 amide bonds. The van der Waals surface area contributed by atoms with Crippen LogP contribution in [0.2, 0.25) is 5.02 Å². The highest BCUT2D eigenvalue weighted by molar-refractivity contribution is 7.12. The molecule has 0 radical (unpaired) electrons. The van der Waals surface area contributed by atoms with Gasteiger partial charge in [-0.1, -0.05) is 11.6 Å². The van der Waals surface area contributed by atoms with E-state index in [0.29, 0.717) is 16.4 Å². The number of amides is 1. The highest BCUT2D eigenvalue weighted by Crippen LogP contribution is 2.24. The van der Waals surface area contributed by atoms with Crippen LogP contribution in [0.4, 0.5) is 5.82 Å². The minimum Gasteiger partial charge on any atom is -0.373 e. The zero-order chi connectivity index (χ0) is 14.7. The summed E-state index contributed by atoms with van der Waals surface area (Å²) in [6.45, 7) is 4.00. The van der Waals surface area contributed by atoms with Crippen LogP contribution in [-0.4, -0.2) is 17.9 Å². The number of carbonyl (C=O) groups is 1. The van der Waals surface area contributed by atoms with Gasteiger partial charge >= 0.3 is 0 Å². The molecule has 4 nitrogen and oxygen atoms in total. The molecule has 20 heavy (non-hydrogen) atoms. The molecule has 0 aromatic carbocycles. The zero-order valence-corrected chi connectivity index (χ0v) is 13.1. The Hall–Kier alpha value is -1.59. The third-order valence-corrected chi connectivity index (χ3v) is 4.38. The Bertz CT molecular complexity index is 627. The molecule has 1 atom stereocenters. The number of rotatable bonds is 4. The van der Waals surface area contributed by atoms with E-state index in [-0.39, 0.29) is 11.9 Å². The zero-order valence-electron chi connectivity index (χ0n) is 11.5. The van der Waals surface area contributed by atoms with E-state index < -0.39 is 0 Å². The Morgan fingerprint density at radius 3 is 2.80 bits per heavy atom. The minimum atomic E-state index is -0.201. The summed E-state index contributed by atoms with van der Waals surface area (Å²) in [6, 6.07) is 5.66. The van der Waals surface area contributed by atoms with Crippen LogP contribution in [0.25, 0.3) is 0 Å². The van der Waals surface area contributed by atoms with Crippen LogP contribution in [0.5, 0.6) is 0 Å². The van der Waals surface area contributed by atoms with E-state index in [1.54, 1.807) is 24.5 Å². The first kappa shape index (κ1) is 14.8. The highest BCUT2D eigenvalue weighted by Gasteiger charge is 2.16. The fourth-order valence-corrected chi connectivity index (χ4v) is 2.85. The SMILES string of the molecule is CNc1cc(C(=O)NC(C)c2ccc(C)s2)c(Cl)cn1. The largest absolute Gasteiger partial charge is 0.373 e. The quantitative estimate of drug-likeness (QED) is 0.906. The standard InChI is InChI=1S/C14H16ClN3OS/c1-8-4-5-12(20-8)9(2)18-14(19)10-6-13(16-3)17-7-11(10)15/h4-7,9H,1-3H3,(H,16,17)(H,18,19). The number of aryl methyl sites for hydroxylation is 1. The third-order valence-electron chi connectivity index (χ3n) is 2.89. The van der Waals surface area contributed by atoms with Crippen molar-refractivity contribution < 1.29 is 4.79 Å². The maximum atomic E-state index is 12.3. The lowest BCUT2D eigenvalue weighted by Gasteiger charge is -2.13. The summed E-state index contributed by atoms with van der Waals surface area (Å²) < 4.78 is 0. The normalized spacial score (nSPS) is 12.0. The average Bonchev–Trinajstić information content (AvgIpc) is 2.86. The molecule has 106 valence electrons. The smallest absolute Gasteiger partial charge is 0.253 e. The number of pyridine rings is 1. The average molecular weight is 310 g/mol. The summed E-state index contributed by atoms with van der Waals surface area (Å²) in [5.41, 5.74) is 0.422. The van der Waals surface area contributed by atoms with Crippen LogP contribution in [0.3, 0.4) is 0 Å². The van der Waals surface area contributed by atoms with Crippen molar-refractivity contribution in [1.29, 1.82) is 0 Å². The van der Waals surface area contributed by atoms with Gasteiger partial charge < -0.3 is 10.6 Å². The molecule has 2 heterocycles. The van der Waals surface area contributed by atoms with E-state index >= 15 is 0 Å². The van der Waals surface area contributed by atoms with Crippen molar-refractivity contribution in [3.05, 3.63) is 44.7 Å². The van der Waals surface area contributed by atoms with E-state index in [0.717, 1.165) is 4.88 Å². The van der Waals surface area contributed by atoms with Crippen LogP contribution >= 0.6 is 22.9 Å². The second kappa shape index (κ2) is 6.24. The summed E-state index contributed by atoms with van der Waals surface area (Å²) in [5.74, 6) is 0.409. The molecule has 2 aromatic heterocycles. The van der Waals surface area contributed by atoms with Crippen molar-refractivity contribution in [3.63, 3.8) is 0 Å². The molecule has 1 unspecified atom stereocenters. The maximum absolute atomic E-state index is 12.3. The lowest BCUT2D eigenvalue weighted by atomic mass is 10.2. The van der Waals surface area contributed by atoms with Crippen molar-refractivity contribution in [2.75, 3.05) is 12.4 Å². The molecule has 0 fully saturated rings. The van der Waals surface area contributed by atoms with Crippen LogP contribution < -0.4 is 10.6 Å². The molecule has 2 aromatic rings. The van der Waals surface area contributed by atoms with Crippen LogP contribution in [0.15, 0.2) is 24.4 Å². The summed E-state index contributed by atoms with van der Waals surface area (Å²) in [5, 5.41) is 6.18. The Morgan fingerprint density at radius 2 is 2.20 bits per heavy atom. The van der Waals surface area contributed by atoms with E-state index in [1.165, 1.54) is 11.1 Å². The van der Waals surface area contributed by atoms with Crippen molar-refractivity contribution in [2.24, 2.45) is 0 Å². The number of halogens is 1. The molecule has 6 heteroatoms. The van der Waals surface area contributed by atoms with Crippen molar-refractivity contribution in [2.45, 2.75) is 19.9 Å². The fraction of sp³-hybridized carbons (Fsp3) is 0.286. The fourth-order valence-electron chi connectivity index (χ4n) is 1.78. The Morgan fingerprint density at radius 1 is 1.45 bits per heavy atom. The molecule has 0 saturated carbocycles. The van der Waals surface area contributed by atoms with E-state index in [2.05, 4.69) is 15.6 Å². The summed E-state index contributed by atoms with van der Waals surface area (Å²) in [6.07, 6.45) is 1.47. The van der Waals surface area contributed by atoms with E-state index in [4.69, 9.17) is 11.6 Å². The maximum Gasteiger partial charge on any atom is 0.253 e. The number of hydrogen-bond acceptors (Lipinski definition) is 4. The van der Waals surface area contributed by atoms with Gasteiger partial charge in [0, 0.05) is 23.0 Å². The molecule has 0 spiro atoms. The van der Waals surface area contributed by atoms with Gasteiger partial charge in [-0.25, -0.2) is 4.98 Å². The monoisotopic (exact) mass is 309 g/mol. The summed E-state index contributed by atoms with van der Waals surface area (Å²) in [7, 11) is 1.75. The first-order chi connectivity index (χ1) is 9.51. The first-order valence-electron chi connectivity index (χ1n) is 6.21. The second-order valence-electron chi connectivity index (χ2n) is 4.44. The number of anilines is 1. The summed E-state index contributed by atoms with van der Waals surface area (Å²) >= 11 is 7.71. The molecule has 2 N–H and O–H groups in total. The van der Waals surface area contributed by atoms with Crippen molar-refractivity contribution in [1.82, 2.24) is 10.3 Å². The molecule has 0 aliphatic carbocycles. The predicted octanol–water partition coefficient (Wildman–Crippen LogP) is 3.64. The molecular weight excluding hydrogens is 294 g/mol. The molecule has 0 aliphatic rings. The number of nitrogens with zero attached hydrogens (tertiary/aromatic N) is 1. The van der Waals surface area contributed by atoms with Gasteiger partial charge in [0.15, 0.2) is 0 Å². The molecule has 0 aliphatic heterocycles. The summed E-state index contributed by atoms with van der Waals surface area (Å²) in [4.78, 5) is 18.7. The third kappa shape index (κ3) is 3.29. The number of nitrogens with one attached hydrogen (secondary N) is 2. The topological polar surface area (TPSA) is 54.0 Å². The van der Waals surface area contributed by atoms with Gasteiger partial charge in [-0.2, -0.15) is 0 Å². The Labute approximate surface area is 127 Å². The Balaban J connectivity index is 2.15. The highest BCUT2D eigenvalue weighted by atomic mass is 35.5. The molecule has 0 bridgehead atoms. The first-order valence-corrected chi connectivity index (χ1v) is 7.41. The molecule has 2 rings (SSSR count). The lowest BCUT2D eigenvalue weighted by Crippen LogP contribution is -2.26. The molecule has 0 saturated heterocycles. The Kier molecular flexibility index (Phi) is 4.62. The number of carbonyl (C=O) groups excluding carboxylic acids is 1. The number of hydrogen-bond donors (Lipinski definition) is 2. The van der Waals surface area contributed by atoms with Crippen molar-refractivity contribution >= 4 is 34.7 Å². The van der Waals surface area contributed by atoms with Crippen LogP contribution in [0.1, 0.15) is 33.1 Å². The van der Waals surface area contributed by atoms with Gasteiger partial charge in [-0.3, -0.25) is 4.79 Å². The van der Waals surface area contributed by atoms with Gasteiger partial charge in [-0.05, 0) is 32.0 Å². The van der Waals surface area contributed by atoms with Gasteiger partial charge in [0.05, 0.1) is 16.6 Å². The van der Waals surface area contributed by atoms with E-state index in [1.807, 2.05) is 26.0 Å². The predicted molar refractivity (Wildman–Crippen MR) is 83.7 cm³/mol. The van der Waals surface area contributed by atoms with Crippen LogP contribution in [0, 0.1) is 6.92 Å². The molecular formula is C14H16ClN3OS. The minimum absolute atomic E-state index is 0.0523. The van der Waals surface area contributed by atoms with Gasteiger partial charge in [0.1, 0.15) is 5.82 Å². The second-order valence-corrected chi connectivity index (χ2v) is 6.17. The van der Waals surface area contributed by atoms with Gasteiger partial charge in [0.25, 0.3) is 5.91 Å². The number of aromatic nitrogens is 1. The number of thiophene rings is 1. The lowest BCUT2D eigenvalue weighted by molar-refractivity contribution is 0.0940. The van der Waals surface area contributed by atoms with Crippen molar-refractivity contribution in [3.8, 4) is 0 Å².